The summed E-state index contributed by atoms with van der Waals surface area (Å²) < 4.78 is 0. The zero-order chi connectivity index (χ0) is 20.3. The van der Waals surface area contributed by atoms with Crippen molar-refractivity contribution in [2.24, 2.45) is 5.73 Å². The Morgan fingerprint density at radius 1 is 0.741 bits per heavy atom. The number of carboxylic acids is 1. The van der Waals surface area contributed by atoms with Crippen molar-refractivity contribution in [3.63, 3.8) is 0 Å². The fourth-order valence-corrected chi connectivity index (χ4v) is 3.11. The van der Waals surface area contributed by atoms with Crippen LogP contribution in [0.3, 0.4) is 0 Å². The molecule has 27 heavy (non-hydrogen) atoms. The summed E-state index contributed by atoms with van der Waals surface area (Å²) in [7, 11) is 0. The molecule has 0 radical (unpaired) electrons. The van der Waals surface area contributed by atoms with E-state index in [-0.39, 0.29) is 17.9 Å². The van der Waals surface area contributed by atoms with Crippen LogP contribution in [0.4, 0.5) is 0 Å². The Kier molecular flexibility index (Phi) is 16.8. The maximum absolute atomic E-state index is 11.8. The van der Waals surface area contributed by atoms with E-state index >= 15 is 0 Å². The van der Waals surface area contributed by atoms with Crippen LogP contribution in [0.5, 0.6) is 0 Å². The van der Waals surface area contributed by atoms with Gasteiger partial charge in [0.1, 0.15) is 0 Å². The summed E-state index contributed by atoms with van der Waals surface area (Å²) in [6.07, 6.45) is 15.4. The van der Waals surface area contributed by atoms with E-state index in [4.69, 9.17) is 10.8 Å². The molecule has 0 saturated heterocycles. The molecule has 0 spiro atoms. The lowest BCUT2D eigenvalue weighted by atomic mass is 10.0. The molecule has 158 valence electrons. The van der Waals surface area contributed by atoms with E-state index in [9.17, 15) is 14.4 Å². The number of nitrogens with two attached hydrogens (primary N) is 1. The fourth-order valence-electron chi connectivity index (χ4n) is 3.11. The second-order valence-electron chi connectivity index (χ2n) is 7.61. The van der Waals surface area contributed by atoms with Crippen LogP contribution in [0.25, 0.3) is 0 Å². The van der Waals surface area contributed by atoms with Crippen molar-refractivity contribution in [2.75, 3.05) is 0 Å². The second-order valence-corrected chi connectivity index (χ2v) is 7.61. The van der Waals surface area contributed by atoms with Crippen LogP contribution in [0.1, 0.15) is 110 Å². The Bertz CT molecular complexity index is 413. The van der Waals surface area contributed by atoms with Crippen molar-refractivity contribution in [1.82, 2.24) is 5.32 Å². The number of nitrogens with one attached hydrogen (secondary N) is 1. The van der Waals surface area contributed by atoms with E-state index in [0.29, 0.717) is 25.7 Å². The first-order valence-corrected chi connectivity index (χ1v) is 10.7. The van der Waals surface area contributed by atoms with Crippen LogP contribution in [0.15, 0.2) is 0 Å². The molecule has 0 heterocycles. The second kappa shape index (κ2) is 17.8. The van der Waals surface area contributed by atoms with Gasteiger partial charge in [0.2, 0.25) is 11.8 Å². The van der Waals surface area contributed by atoms with Crippen LogP contribution >= 0.6 is 0 Å². The molecular weight excluding hydrogens is 344 g/mol. The number of carboxylic acid groups (broad SMARTS) is 1. The number of unbranched alkanes of at least 4 members (excludes halogenated alkanes) is 11. The number of hydrogen-bond donors (Lipinski definition) is 3. The van der Waals surface area contributed by atoms with Crippen molar-refractivity contribution < 1.29 is 19.5 Å². The van der Waals surface area contributed by atoms with Gasteiger partial charge in [-0.3, -0.25) is 14.4 Å². The topological polar surface area (TPSA) is 109 Å². The molecule has 0 aliphatic heterocycles. The van der Waals surface area contributed by atoms with Gasteiger partial charge in [-0.25, -0.2) is 0 Å². The molecule has 0 fully saturated rings. The predicted octanol–water partition coefficient (Wildman–Crippen LogP) is 4.30. The van der Waals surface area contributed by atoms with E-state index < -0.39 is 5.97 Å². The number of carbonyl (C=O) groups is 3. The molecule has 0 bridgehead atoms. The lowest BCUT2D eigenvalue weighted by Crippen LogP contribution is -2.33. The van der Waals surface area contributed by atoms with Crippen molar-refractivity contribution in [2.45, 2.75) is 116 Å². The molecular formula is C21H40N2O4. The molecule has 0 rings (SSSR count). The van der Waals surface area contributed by atoms with E-state index in [2.05, 4.69) is 5.32 Å². The van der Waals surface area contributed by atoms with Crippen molar-refractivity contribution in [1.29, 1.82) is 0 Å². The summed E-state index contributed by atoms with van der Waals surface area (Å²) in [5.74, 6) is -0.951. The van der Waals surface area contributed by atoms with Gasteiger partial charge in [-0.2, -0.15) is 0 Å². The molecule has 6 nitrogen and oxygen atoms in total. The number of carbonyl (C=O) groups excluding carboxylic acids is 2. The van der Waals surface area contributed by atoms with Gasteiger partial charge < -0.3 is 16.2 Å². The van der Waals surface area contributed by atoms with E-state index in [1.807, 2.05) is 6.92 Å². The zero-order valence-electron chi connectivity index (χ0n) is 17.1. The number of hydrogen-bond acceptors (Lipinski definition) is 3. The predicted molar refractivity (Wildman–Crippen MR) is 108 cm³/mol. The van der Waals surface area contributed by atoms with Gasteiger partial charge in [0.25, 0.3) is 0 Å². The lowest BCUT2D eigenvalue weighted by molar-refractivity contribution is -0.137. The Morgan fingerprint density at radius 2 is 1.15 bits per heavy atom. The summed E-state index contributed by atoms with van der Waals surface area (Å²) in [5.41, 5.74) is 5.10. The quantitative estimate of drug-likeness (QED) is 0.288. The standard InChI is InChI=1S/C21H40N2O4/c1-18(16-17-19(22)24)23-20(25)14-12-10-8-6-4-2-3-5-7-9-11-13-15-21(26)27/h18H,2-17H2,1H3,(H2,22,24)(H,23,25)(H,26,27). The number of aliphatic carboxylic acids is 1. The number of primary amides is 1. The third kappa shape index (κ3) is 20.6. The van der Waals surface area contributed by atoms with Crippen molar-refractivity contribution >= 4 is 17.8 Å². The van der Waals surface area contributed by atoms with Crippen molar-refractivity contribution in [3.8, 4) is 0 Å². The van der Waals surface area contributed by atoms with Crippen LogP contribution in [-0.4, -0.2) is 28.9 Å². The minimum absolute atomic E-state index is 0.00201. The average molecular weight is 385 g/mol. The summed E-state index contributed by atoms with van der Waals surface area (Å²) >= 11 is 0. The number of amides is 2. The maximum atomic E-state index is 11.8. The van der Waals surface area contributed by atoms with Crippen LogP contribution in [0, 0.1) is 0 Å². The largest absolute Gasteiger partial charge is 0.481 e. The Morgan fingerprint density at radius 3 is 1.56 bits per heavy atom. The average Bonchev–Trinajstić information content (AvgIpc) is 2.60. The summed E-state index contributed by atoms with van der Waals surface area (Å²) in [6, 6.07) is 0.00201. The van der Waals surface area contributed by atoms with E-state index in [0.717, 1.165) is 32.1 Å². The lowest BCUT2D eigenvalue weighted by Gasteiger charge is -2.12. The molecule has 0 aliphatic carbocycles. The van der Waals surface area contributed by atoms with E-state index in [1.54, 1.807) is 0 Å². The third-order valence-electron chi connectivity index (χ3n) is 4.78. The Labute approximate surface area is 164 Å². The Balaban J connectivity index is 3.27. The number of rotatable bonds is 19. The first kappa shape index (κ1) is 25.4. The van der Waals surface area contributed by atoms with Gasteiger partial charge >= 0.3 is 5.97 Å². The fraction of sp³-hybridized carbons (Fsp3) is 0.857. The van der Waals surface area contributed by atoms with Crippen molar-refractivity contribution in [3.05, 3.63) is 0 Å². The SMILES string of the molecule is CC(CCC(N)=O)NC(=O)CCCCCCCCCCCCCCC(=O)O. The van der Waals surface area contributed by atoms with Gasteiger partial charge in [0.05, 0.1) is 0 Å². The molecule has 1 unspecified atom stereocenters. The van der Waals surface area contributed by atoms with Gasteiger partial charge in [-0.15, -0.1) is 0 Å². The summed E-state index contributed by atoms with van der Waals surface area (Å²) in [4.78, 5) is 32.9. The molecule has 0 aliphatic rings. The van der Waals surface area contributed by atoms with Gasteiger partial charge in [0.15, 0.2) is 0 Å². The third-order valence-corrected chi connectivity index (χ3v) is 4.78. The van der Waals surface area contributed by atoms with Gasteiger partial charge in [-0.05, 0) is 26.2 Å². The normalized spacial score (nSPS) is 11.9. The molecule has 0 aromatic rings. The monoisotopic (exact) mass is 384 g/mol. The smallest absolute Gasteiger partial charge is 0.303 e. The molecule has 6 heteroatoms. The molecule has 0 aromatic carbocycles. The van der Waals surface area contributed by atoms with Crippen LogP contribution < -0.4 is 11.1 Å². The van der Waals surface area contributed by atoms with Crippen LogP contribution in [0.2, 0.25) is 0 Å². The van der Waals surface area contributed by atoms with Crippen LogP contribution in [-0.2, 0) is 14.4 Å². The van der Waals surface area contributed by atoms with Gasteiger partial charge in [0, 0.05) is 25.3 Å². The minimum Gasteiger partial charge on any atom is -0.481 e. The molecule has 1 atom stereocenters. The molecule has 0 saturated carbocycles. The zero-order valence-corrected chi connectivity index (χ0v) is 17.1. The molecule has 2 amide bonds. The summed E-state index contributed by atoms with van der Waals surface area (Å²) in [6.45, 7) is 1.90. The highest BCUT2D eigenvalue weighted by molar-refractivity contribution is 5.76. The summed E-state index contributed by atoms with van der Waals surface area (Å²) in [5, 5.41) is 11.5. The highest BCUT2D eigenvalue weighted by Crippen LogP contribution is 2.13. The van der Waals surface area contributed by atoms with E-state index in [1.165, 1.54) is 44.9 Å². The Hall–Kier alpha value is -1.59. The minimum atomic E-state index is -0.689. The highest BCUT2D eigenvalue weighted by Gasteiger charge is 2.08. The maximum Gasteiger partial charge on any atom is 0.303 e. The highest BCUT2D eigenvalue weighted by atomic mass is 16.4. The molecule has 4 N–H and O–H groups in total. The van der Waals surface area contributed by atoms with Gasteiger partial charge in [-0.1, -0.05) is 64.2 Å². The first-order chi connectivity index (χ1) is 12.9. The molecule has 0 aromatic heterocycles. The first-order valence-electron chi connectivity index (χ1n) is 10.7.